The van der Waals surface area contributed by atoms with Gasteiger partial charge in [-0.2, -0.15) is 0 Å². The fourth-order valence-corrected chi connectivity index (χ4v) is 3.41. The maximum atomic E-state index is 12.9. The zero-order valence-electron chi connectivity index (χ0n) is 14.2. The van der Waals surface area contributed by atoms with E-state index in [9.17, 15) is 4.57 Å². The van der Waals surface area contributed by atoms with Gasteiger partial charge in [-0.05, 0) is 54.2 Å². The van der Waals surface area contributed by atoms with Crippen molar-refractivity contribution in [3.63, 3.8) is 0 Å². The van der Waals surface area contributed by atoms with E-state index in [-0.39, 0.29) is 19.8 Å². The molecule has 0 radical (unpaired) electrons. The minimum atomic E-state index is -3.67. The summed E-state index contributed by atoms with van der Waals surface area (Å²) in [4.78, 5) is 0. The summed E-state index contributed by atoms with van der Waals surface area (Å²) >= 11 is 0. The van der Waals surface area contributed by atoms with Gasteiger partial charge < -0.3 is 13.3 Å². The van der Waals surface area contributed by atoms with Crippen LogP contribution >= 0.6 is 7.82 Å². The number of rotatable bonds is 12. The zero-order valence-corrected chi connectivity index (χ0v) is 15.1. The molecule has 7 nitrogen and oxygen atoms in total. The summed E-state index contributed by atoms with van der Waals surface area (Å²) in [7, 11) is -3.67. The highest BCUT2D eigenvalue weighted by molar-refractivity contribution is 7.48. The van der Waals surface area contributed by atoms with Crippen molar-refractivity contribution in [2.75, 3.05) is 19.8 Å². The SMILES string of the molecule is O=P(OCCc1ccoc1)(OCCc1ccoc1)OCCc1ccoc1. The van der Waals surface area contributed by atoms with Crippen LogP contribution in [0, 0.1) is 0 Å². The largest absolute Gasteiger partial charge is 0.474 e. The lowest BCUT2D eigenvalue weighted by Gasteiger charge is -2.17. The summed E-state index contributed by atoms with van der Waals surface area (Å²) in [5, 5.41) is 0. The molecular weight excluding hydrogens is 359 g/mol. The molecule has 3 aromatic rings. The molecule has 3 aromatic heterocycles. The number of hydrogen-bond donors (Lipinski definition) is 0. The van der Waals surface area contributed by atoms with E-state index in [0.717, 1.165) is 16.7 Å². The third-order valence-corrected chi connectivity index (χ3v) is 5.16. The predicted molar refractivity (Wildman–Crippen MR) is 92.7 cm³/mol. The molecule has 3 heterocycles. The van der Waals surface area contributed by atoms with Crippen molar-refractivity contribution in [2.24, 2.45) is 0 Å². The van der Waals surface area contributed by atoms with Gasteiger partial charge in [-0.25, -0.2) is 4.57 Å². The molecule has 0 bridgehead atoms. The van der Waals surface area contributed by atoms with E-state index in [1.54, 1.807) is 37.6 Å². The summed E-state index contributed by atoms with van der Waals surface area (Å²) in [6, 6.07) is 5.48. The van der Waals surface area contributed by atoms with Gasteiger partial charge >= 0.3 is 7.82 Å². The topological polar surface area (TPSA) is 84.2 Å². The van der Waals surface area contributed by atoms with Crippen LogP contribution in [0.5, 0.6) is 0 Å². The molecule has 0 spiro atoms. The maximum absolute atomic E-state index is 12.9. The van der Waals surface area contributed by atoms with E-state index in [4.69, 9.17) is 26.8 Å². The van der Waals surface area contributed by atoms with Crippen LogP contribution in [0.3, 0.4) is 0 Å². The molecule has 0 atom stereocenters. The second kappa shape index (κ2) is 9.59. The zero-order chi connectivity index (χ0) is 18.1. The van der Waals surface area contributed by atoms with Crippen molar-refractivity contribution in [1.82, 2.24) is 0 Å². The van der Waals surface area contributed by atoms with Gasteiger partial charge in [0.15, 0.2) is 0 Å². The Bertz CT molecular complexity index is 657. The lowest BCUT2D eigenvalue weighted by Crippen LogP contribution is -2.07. The van der Waals surface area contributed by atoms with Gasteiger partial charge in [-0.15, -0.1) is 0 Å². The molecule has 0 N–H and O–H groups in total. The molecule has 0 aliphatic heterocycles. The molecule has 8 heteroatoms. The minimum absolute atomic E-state index is 0.203. The van der Waals surface area contributed by atoms with Crippen molar-refractivity contribution < 1.29 is 31.4 Å². The fourth-order valence-electron chi connectivity index (χ4n) is 2.24. The molecule has 0 unspecified atom stereocenters. The van der Waals surface area contributed by atoms with Crippen LogP contribution in [0.4, 0.5) is 0 Å². The van der Waals surface area contributed by atoms with Crippen molar-refractivity contribution in [3.05, 3.63) is 72.5 Å². The van der Waals surface area contributed by atoms with Gasteiger partial charge in [-0.3, -0.25) is 13.6 Å². The molecule has 0 saturated carbocycles. The predicted octanol–water partition coefficient (Wildman–Crippen LogP) is 4.65. The van der Waals surface area contributed by atoms with Crippen molar-refractivity contribution >= 4 is 7.82 Å². The van der Waals surface area contributed by atoms with E-state index in [1.807, 2.05) is 18.2 Å². The standard InChI is InChI=1S/C18H21O7P/c19-26(23-10-4-16-1-7-20-13-16,24-11-5-17-2-8-21-14-17)25-12-6-18-3-9-22-15-18/h1-3,7-9,13-15H,4-6,10-12H2. The third-order valence-electron chi connectivity index (χ3n) is 3.66. The van der Waals surface area contributed by atoms with Gasteiger partial charge in [0.1, 0.15) is 0 Å². The summed E-state index contributed by atoms with van der Waals surface area (Å²) in [5.74, 6) is 0. The Hall–Kier alpha value is -2.05. The first-order chi connectivity index (χ1) is 12.7. The van der Waals surface area contributed by atoms with Gasteiger partial charge in [0.25, 0.3) is 0 Å². The van der Waals surface area contributed by atoms with Gasteiger partial charge in [0.2, 0.25) is 0 Å². The molecule has 0 amide bonds. The van der Waals surface area contributed by atoms with Crippen molar-refractivity contribution in [1.29, 1.82) is 0 Å². The molecule has 0 aliphatic carbocycles. The highest BCUT2D eigenvalue weighted by atomic mass is 31.2. The second-order valence-corrected chi connectivity index (χ2v) is 7.26. The number of furan rings is 3. The van der Waals surface area contributed by atoms with Crippen molar-refractivity contribution in [3.8, 4) is 0 Å². The highest BCUT2D eigenvalue weighted by Crippen LogP contribution is 2.49. The summed E-state index contributed by atoms with van der Waals surface area (Å²) < 4.78 is 44.3. The first-order valence-electron chi connectivity index (χ1n) is 8.30. The normalized spacial score (nSPS) is 11.8. The number of phosphoric acid groups is 1. The van der Waals surface area contributed by atoms with Crippen LogP contribution in [0.25, 0.3) is 0 Å². The molecule has 3 rings (SSSR count). The first-order valence-corrected chi connectivity index (χ1v) is 9.76. The monoisotopic (exact) mass is 380 g/mol. The van der Waals surface area contributed by atoms with Crippen LogP contribution in [0.2, 0.25) is 0 Å². The van der Waals surface area contributed by atoms with E-state index in [2.05, 4.69) is 0 Å². The lowest BCUT2D eigenvalue weighted by molar-refractivity contribution is 0.115. The number of hydrogen-bond acceptors (Lipinski definition) is 7. The Morgan fingerprint density at radius 3 is 1.27 bits per heavy atom. The van der Waals surface area contributed by atoms with Crippen LogP contribution in [-0.2, 0) is 37.4 Å². The second-order valence-electron chi connectivity index (χ2n) is 5.59. The average molecular weight is 380 g/mol. The smallest absolute Gasteiger partial charge is 0.472 e. The van der Waals surface area contributed by atoms with E-state index in [0.29, 0.717) is 19.3 Å². The first kappa shape index (κ1) is 18.7. The number of phosphoric ester groups is 1. The molecule has 0 fully saturated rings. The van der Waals surface area contributed by atoms with Gasteiger partial charge in [0, 0.05) is 0 Å². The minimum Gasteiger partial charge on any atom is -0.472 e. The molecule has 0 aromatic carbocycles. The van der Waals surface area contributed by atoms with E-state index < -0.39 is 7.82 Å². The Balaban J connectivity index is 1.48. The quantitative estimate of drug-likeness (QED) is 0.423. The van der Waals surface area contributed by atoms with Crippen LogP contribution in [0.1, 0.15) is 16.7 Å². The molecule has 0 aliphatic rings. The fraction of sp³-hybridized carbons (Fsp3) is 0.333. The van der Waals surface area contributed by atoms with Crippen LogP contribution in [0.15, 0.2) is 69.0 Å². The Morgan fingerprint density at radius 2 is 1.00 bits per heavy atom. The maximum Gasteiger partial charge on any atom is 0.474 e. The third kappa shape index (κ3) is 6.04. The summed E-state index contributed by atoms with van der Waals surface area (Å²) in [6.07, 6.45) is 11.3. The van der Waals surface area contributed by atoms with Gasteiger partial charge in [0.05, 0.1) is 57.4 Å². The van der Waals surface area contributed by atoms with E-state index in [1.165, 1.54) is 0 Å². The molecule has 26 heavy (non-hydrogen) atoms. The molecule has 0 saturated heterocycles. The van der Waals surface area contributed by atoms with Crippen LogP contribution < -0.4 is 0 Å². The van der Waals surface area contributed by atoms with E-state index >= 15 is 0 Å². The molecule has 140 valence electrons. The Kier molecular flexibility index (Phi) is 6.91. The lowest BCUT2D eigenvalue weighted by atomic mass is 10.3. The Labute approximate surface area is 151 Å². The highest BCUT2D eigenvalue weighted by Gasteiger charge is 2.26. The Morgan fingerprint density at radius 1 is 0.654 bits per heavy atom. The molecular formula is C18H21O7P. The average Bonchev–Trinajstić information content (AvgIpc) is 3.39. The van der Waals surface area contributed by atoms with Crippen molar-refractivity contribution in [2.45, 2.75) is 19.3 Å². The summed E-state index contributed by atoms with van der Waals surface area (Å²) in [5.41, 5.74) is 2.86. The summed E-state index contributed by atoms with van der Waals surface area (Å²) in [6.45, 7) is 0.608. The van der Waals surface area contributed by atoms with Gasteiger partial charge in [-0.1, -0.05) is 0 Å². The van der Waals surface area contributed by atoms with Crippen LogP contribution in [-0.4, -0.2) is 19.8 Å².